The van der Waals surface area contributed by atoms with Crippen LogP contribution in [0.1, 0.15) is 6.92 Å². The van der Waals surface area contributed by atoms with Crippen LogP contribution in [0.15, 0.2) is 24.8 Å². The van der Waals surface area contributed by atoms with E-state index in [2.05, 4.69) is 18.4 Å². The van der Waals surface area contributed by atoms with E-state index in [1.165, 1.54) is 0 Å². The summed E-state index contributed by atoms with van der Waals surface area (Å²) in [5.41, 5.74) is 0. The zero-order valence-corrected chi connectivity index (χ0v) is 6.15. The second kappa shape index (κ2) is 5.47. The van der Waals surface area contributed by atoms with E-state index in [1.807, 2.05) is 13.0 Å². The first-order valence-electron chi connectivity index (χ1n) is 2.70. The SMILES string of the molecule is C=CC#C/C=C/C(C)Cl. The first-order valence-corrected chi connectivity index (χ1v) is 3.13. The van der Waals surface area contributed by atoms with Gasteiger partial charge in [-0.05, 0) is 19.1 Å². The van der Waals surface area contributed by atoms with Gasteiger partial charge in [-0.3, -0.25) is 0 Å². The molecule has 1 heteroatoms. The van der Waals surface area contributed by atoms with Crippen LogP contribution in [0.4, 0.5) is 0 Å². The molecule has 0 nitrogen and oxygen atoms in total. The Morgan fingerprint density at radius 2 is 2.22 bits per heavy atom. The van der Waals surface area contributed by atoms with E-state index in [0.717, 1.165) is 0 Å². The van der Waals surface area contributed by atoms with Crippen LogP contribution >= 0.6 is 11.6 Å². The third-order valence-corrected chi connectivity index (χ3v) is 0.776. The molecule has 0 amide bonds. The highest BCUT2D eigenvalue weighted by Gasteiger charge is 1.81. The van der Waals surface area contributed by atoms with Crippen LogP contribution in [-0.4, -0.2) is 5.38 Å². The minimum atomic E-state index is 0.0594. The van der Waals surface area contributed by atoms with Gasteiger partial charge in [0.05, 0.1) is 0 Å². The number of hydrogen-bond acceptors (Lipinski definition) is 0. The maximum atomic E-state index is 5.58. The standard InChI is InChI=1S/C8H9Cl/c1-3-4-5-6-7-8(2)9/h3,6-8H,1H2,2H3/b7-6+. The van der Waals surface area contributed by atoms with Gasteiger partial charge in [0.25, 0.3) is 0 Å². The summed E-state index contributed by atoms with van der Waals surface area (Å²) in [6.07, 6.45) is 5.08. The van der Waals surface area contributed by atoms with Gasteiger partial charge in [0.2, 0.25) is 0 Å². The maximum absolute atomic E-state index is 5.58. The first kappa shape index (κ1) is 8.33. The fraction of sp³-hybridized carbons (Fsp3) is 0.250. The lowest BCUT2D eigenvalue weighted by atomic mass is 10.4. The molecule has 0 aromatic heterocycles. The molecule has 0 saturated heterocycles. The summed E-state index contributed by atoms with van der Waals surface area (Å²) in [4.78, 5) is 0. The summed E-state index contributed by atoms with van der Waals surface area (Å²) in [6.45, 7) is 5.32. The van der Waals surface area contributed by atoms with Crippen LogP contribution in [0.25, 0.3) is 0 Å². The fourth-order valence-corrected chi connectivity index (χ4v) is 0.360. The Kier molecular flexibility index (Phi) is 5.06. The van der Waals surface area contributed by atoms with Crippen molar-refractivity contribution in [3.05, 3.63) is 24.8 Å². The number of halogens is 1. The van der Waals surface area contributed by atoms with Crippen molar-refractivity contribution in [2.24, 2.45) is 0 Å². The van der Waals surface area contributed by atoms with Gasteiger partial charge < -0.3 is 0 Å². The van der Waals surface area contributed by atoms with Crippen LogP contribution in [-0.2, 0) is 0 Å². The van der Waals surface area contributed by atoms with Gasteiger partial charge in [-0.15, -0.1) is 11.6 Å². The van der Waals surface area contributed by atoms with Gasteiger partial charge >= 0.3 is 0 Å². The van der Waals surface area contributed by atoms with Crippen molar-refractivity contribution in [1.29, 1.82) is 0 Å². The van der Waals surface area contributed by atoms with E-state index in [1.54, 1.807) is 12.2 Å². The molecule has 0 fully saturated rings. The number of alkyl halides is 1. The third kappa shape index (κ3) is 7.33. The average molecular weight is 141 g/mol. The van der Waals surface area contributed by atoms with Gasteiger partial charge in [0.1, 0.15) is 0 Å². The molecule has 1 atom stereocenters. The number of hydrogen-bond donors (Lipinski definition) is 0. The van der Waals surface area contributed by atoms with E-state index in [9.17, 15) is 0 Å². The molecule has 0 spiro atoms. The normalized spacial score (nSPS) is 12.2. The van der Waals surface area contributed by atoms with Crippen molar-refractivity contribution >= 4 is 11.6 Å². The van der Waals surface area contributed by atoms with E-state index >= 15 is 0 Å². The molecule has 0 aliphatic heterocycles. The summed E-state index contributed by atoms with van der Waals surface area (Å²) in [5.74, 6) is 5.41. The second-order valence-corrected chi connectivity index (χ2v) is 2.22. The first-order chi connectivity index (χ1) is 4.27. The topological polar surface area (TPSA) is 0 Å². The molecule has 0 aliphatic carbocycles. The predicted molar refractivity (Wildman–Crippen MR) is 42.4 cm³/mol. The second-order valence-electron chi connectivity index (χ2n) is 1.53. The highest BCUT2D eigenvalue weighted by atomic mass is 35.5. The molecule has 0 aromatic carbocycles. The van der Waals surface area contributed by atoms with E-state index in [-0.39, 0.29) is 5.38 Å². The van der Waals surface area contributed by atoms with Crippen LogP contribution in [0.3, 0.4) is 0 Å². The lowest BCUT2D eigenvalue weighted by molar-refractivity contribution is 1.23. The average Bonchev–Trinajstić information content (AvgIpc) is 1.80. The molecular weight excluding hydrogens is 132 g/mol. The minimum Gasteiger partial charge on any atom is -0.119 e. The van der Waals surface area contributed by atoms with Gasteiger partial charge in [0, 0.05) is 5.38 Å². The molecule has 0 saturated carbocycles. The Labute approximate surface area is 61.2 Å². The zero-order valence-electron chi connectivity index (χ0n) is 5.39. The van der Waals surface area contributed by atoms with Crippen molar-refractivity contribution in [2.45, 2.75) is 12.3 Å². The smallest absolute Gasteiger partial charge is 0.0496 e. The van der Waals surface area contributed by atoms with E-state index < -0.39 is 0 Å². The molecule has 48 valence electrons. The molecule has 0 aliphatic rings. The molecule has 0 heterocycles. The Morgan fingerprint density at radius 3 is 2.67 bits per heavy atom. The van der Waals surface area contributed by atoms with Crippen LogP contribution in [0.2, 0.25) is 0 Å². The minimum absolute atomic E-state index is 0.0594. The molecule has 9 heavy (non-hydrogen) atoms. The lowest BCUT2D eigenvalue weighted by Crippen LogP contribution is -1.78. The lowest BCUT2D eigenvalue weighted by Gasteiger charge is -1.84. The van der Waals surface area contributed by atoms with Crippen molar-refractivity contribution in [1.82, 2.24) is 0 Å². The predicted octanol–water partition coefficient (Wildman–Crippen LogP) is 2.36. The molecule has 0 bridgehead atoms. The molecule has 1 unspecified atom stereocenters. The quantitative estimate of drug-likeness (QED) is 0.388. The highest BCUT2D eigenvalue weighted by Crippen LogP contribution is 1.92. The molecule has 0 rings (SSSR count). The summed E-state index contributed by atoms with van der Waals surface area (Å²) < 4.78 is 0. The maximum Gasteiger partial charge on any atom is 0.0496 e. The van der Waals surface area contributed by atoms with Crippen LogP contribution in [0, 0.1) is 11.8 Å². The van der Waals surface area contributed by atoms with Crippen molar-refractivity contribution in [2.75, 3.05) is 0 Å². The Morgan fingerprint density at radius 1 is 1.56 bits per heavy atom. The Balaban J connectivity index is 3.59. The molecule has 0 aromatic rings. The summed E-state index contributed by atoms with van der Waals surface area (Å²) in [5, 5.41) is 0.0594. The molecular formula is C8H9Cl. The summed E-state index contributed by atoms with van der Waals surface area (Å²) in [7, 11) is 0. The fourth-order valence-electron chi connectivity index (χ4n) is 0.288. The van der Waals surface area contributed by atoms with Gasteiger partial charge in [-0.25, -0.2) is 0 Å². The Hall–Kier alpha value is -0.670. The zero-order chi connectivity index (χ0) is 7.11. The monoisotopic (exact) mass is 140 g/mol. The number of allylic oxidation sites excluding steroid dienone is 3. The number of rotatable bonds is 1. The summed E-state index contributed by atoms with van der Waals surface area (Å²) >= 11 is 5.58. The van der Waals surface area contributed by atoms with Gasteiger partial charge in [-0.1, -0.05) is 24.5 Å². The summed E-state index contributed by atoms with van der Waals surface area (Å²) in [6, 6.07) is 0. The third-order valence-electron chi connectivity index (χ3n) is 0.630. The van der Waals surface area contributed by atoms with E-state index in [4.69, 9.17) is 11.6 Å². The van der Waals surface area contributed by atoms with Crippen molar-refractivity contribution in [3.63, 3.8) is 0 Å². The van der Waals surface area contributed by atoms with Crippen LogP contribution in [0.5, 0.6) is 0 Å². The van der Waals surface area contributed by atoms with Crippen LogP contribution < -0.4 is 0 Å². The Bertz CT molecular complexity index is 155. The van der Waals surface area contributed by atoms with Crippen molar-refractivity contribution < 1.29 is 0 Å². The van der Waals surface area contributed by atoms with E-state index in [0.29, 0.717) is 0 Å². The largest absolute Gasteiger partial charge is 0.119 e. The van der Waals surface area contributed by atoms with Gasteiger partial charge in [-0.2, -0.15) is 0 Å². The molecule has 0 N–H and O–H groups in total. The molecule has 0 radical (unpaired) electrons. The van der Waals surface area contributed by atoms with Crippen molar-refractivity contribution in [3.8, 4) is 11.8 Å². The highest BCUT2D eigenvalue weighted by molar-refractivity contribution is 6.21. The van der Waals surface area contributed by atoms with Gasteiger partial charge in [0.15, 0.2) is 0 Å².